The first-order valence-electron chi connectivity index (χ1n) is 7.97. The topological polar surface area (TPSA) is 74.0 Å². The summed E-state index contributed by atoms with van der Waals surface area (Å²) < 4.78 is 38.3. The highest BCUT2D eigenvalue weighted by atomic mass is 19.4. The molecule has 2 atom stereocenters. The number of hydrogen-bond acceptors (Lipinski definition) is 2. The molecule has 5 nitrogen and oxygen atoms in total. The normalized spacial score (nSPS) is 21.4. The maximum atomic E-state index is 12.8. The summed E-state index contributed by atoms with van der Waals surface area (Å²) in [6.07, 6.45) is -3.23. The van der Waals surface area contributed by atoms with Crippen LogP contribution in [0.1, 0.15) is 42.5 Å². The largest absolute Gasteiger partial charge is 0.391 e. The number of hydrogen-bond donors (Lipinski definition) is 3. The van der Waals surface area contributed by atoms with Crippen LogP contribution in [0.2, 0.25) is 0 Å². The molecule has 1 aliphatic rings. The number of nitrogens with one attached hydrogen (secondary N) is 3. The number of H-pyrrole nitrogens is 1. The molecule has 3 N–H and O–H groups in total. The van der Waals surface area contributed by atoms with Gasteiger partial charge in [0, 0.05) is 17.3 Å². The number of carbonyl (C=O) groups excluding carboxylic acids is 1. The molecule has 24 heavy (non-hydrogen) atoms. The Kier molecular flexibility index (Phi) is 5.56. The van der Waals surface area contributed by atoms with Crippen LogP contribution in [0.25, 0.3) is 0 Å². The number of alkyl halides is 3. The summed E-state index contributed by atoms with van der Waals surface area (Å²) in [6, 6.07) is 0.746. The molecule has 2 rings (SSSR count). The Morgan fingerprint density at radius 2 is 2.04 bits per heavy atom. The molecule has 134 valence electrons. The summed E-state index contributed by atoms with van der Waals surface area (Å²) in [7, 11) is 0. The molecule has 0 unspecified atom stereocenters. The van der Waals surface area contributed by atoms with Gasteiger partial charge in [0.05, 0.1) is 12.5 Å². The van der Waals surface area contributed by atoms with Gasteiger partial charge >= 0.3 is 12.2 Å². The van der Waals surface area contributed by atoms with Crippen molar-refractivity contribution in [3.05, 3.63) is 33.2 Å². The van der Waals surface area contributed by atoms with Crippen molar-refractivity contribution >= 4 is 6.03 Å². The van der Waals surface area contributed by atoms with Crippen molar-refractivity contribution in [1.29, 1.82) is 0 Å². The summed E-state index contributed by atoms with van der Waals surface area (Å²) in [5.74, 6) is -1.36. The highest BCUT2D eigenvalue weighted by Gasteiger charge is 2.42. The first kappa shape index (κ1) is 18.4. The molecule has 0 radical (unpaired) electrons. The highest BCUT2D eigenvalue weighted by molar-refractivity contribution is 5.74. The van der Waals surface area contributed by atoms with Crippen LogP contribution in [0, 0.1) is 19.8 Å². The van der Waals surface area contributed by atoms with E-state index in [2.05, 4.69) is 15.6 Å². The lowest BCUT2D eigenvalue weighted by Gasteiger charge is -2.31. The monoisotopic (exact) mass is 345 g/mol. The SMILES string of the molecule is Cc1cc(C)c(CNC(=O)N[C@@H]2CCC[C@H](C(F)(F)F)C2)c(=O)[nH]1. The Hall–Kier alpha value is -1.99. The van der Waals surface area contributed by atoms with Crippen LogP contribution < -0.4 is 16.2 Å². The van der Waals surface area contributed by atoms with Gasteiger partial charge in [-0.2, -0.15) is 13.2 Å². The lowest BCUT2D eigenvalue weighted by molar-refractivity contribution is -0.183. The van der Waals surface area contributed by atoms with Gasteiger partial charge in [0.25, 0.3) is 5.56 Å². The zero-order valence-corrected chi connectivity index (χ0v) is 13.7. The molecule has 8 heteroatoms. The molecular formula is C16H22F3N3O2. The van der Waals surface area contributed by atoms with E-state index in [1.54, 1.807) is 19.9 Å². The van der Waals surface area contributed by atoms with E-state index in [9.17, 15) is 22.8 Å². The van der Waals surface area contributed by atoms with Crippen LogP contribution in [0.4, 0.5) is 18.0 Å². The minimum absolute atomic E-state index is 0.0305. The quantitative estimate of drug-likeness (QED) is 0.788. The maximum Gasteiger partial charge on any atom is 0.391 e. The molecule has 1 aromatic heterocycles. The number of urea groups is 1. The molecule has 1 aliphatic carbocycles. The Morgan fingerprint density at radius 3 is 2.67 bits per heavy atom. The third-order valence-corrected chi connectivity index (χ3v) is 4.39. The van der Waals surface area contributed by atoms with Gasteiger partial charge < -0.3 is 15.6 Å². The molecule has 0 aliphatic heterocycles. The van der Waals surface area contributed by atoms with Crippen LogP contribution in [0.5, 0.6) is 0 Å². The van der Waals surface area contributed by atoms with Crippen molar-refractivity contribution in [2.24, 2.45) is 5.92 Å². The zero-order chi connectivity index (χ0) is 17.9. The molecule has 0 aromatic carbocycles. The molecule has 0 saturated heterocycles. The number of carbonyl (C=O) groups is 1. The van der Waals surface area contributed by atoms with E-state index in [1.165, 1.54) is 0 Å². The summed E-state index contributed by atoms with van der Waals surface area (Å²) in [6.45, 7) is 3.56. The summed E-state index contributed by atoms with van der Waals surface area (Å²) in [4.78, 5) is 26.4. The van der Waals surface area contributed by atoms with E-state index in [0.717, 1.165) is 11.3 Å². The standard InChI is InChI=1S/C16H22F3N3O2/c1-9-6-10(2)21-14(23)13(9)8-20-15(24)22-12-5-3-4-11(7-12)16(17,18)19/h6,11-12H,3-5,7-8H2,1-2H3,(H,21,23)(H2,20,22,24)/t11-,12+/m0/s1. The predicted molar refractivity (Wildman–Crippen MR) is 83.7 cm³/mol. The third-order valence-electron chi connectivity index (χ3n) is 4.39. The molecule has 1 saturated carbocycles. The third kappa shape index (κ3) is 4.75. The number of halogens is 3. The second kappa shape index (κ2) is 7.27. The molecule has 0 bridgehead atoms. The molecule has 1 aromatic rings. The fourth-order valence-electron chi connectivity index (χ4n) is 3.12. The van der Waals surface area contributed by atoms with Crippen LogP contribution in [-0.4, -0.2) is 23.2 Å². The molecule has 0 spiro atoms. The lowest BCUT2D eigenvalue weighted by Crippen LogP contribution is -2.46. The minimum atomic E-state index is -4.22. The van der Waals surface area contributed by atoms with Gasteiger partial charge in [-0.05, 0) is 44.7 Å². The second-order valence-electron chi connectivity index (χ2n) is 6.37. The number of pyridine rings is 1. The summed E-state index contributed by atoms with van der Waals surface area (Å²) in [5.41, 5.74) is 1.65. The molecule has 1 fully saturated rings. The molecule has 2 amide bonds. The Morgan fingerprint density at radius 1 is 1.33 bits per heavy atom. The maximum absolute atomic E-state index is 12.8. The lowest BCUT2D eigenvalue weighted by atomic mass is 9.85. The first-order chi connectivity index (χ1) is 11.2. The van der Waals surface area contributed by atoms with E-state index < -0.39 is 24.2 Å². The highest BCUT2D eigenvalue weighted by Crippen LogP contribution is 2.37. The van der Waals surface area contributed by atoms with Gasteiger partial charge in [-0.15, -0.1) is 0 Å². The number of aromatic amines is 1. The van der Waals surface area contributed by atoms with Crippen molar-refractivity contribution in [1.82, 2.24) is 15.6 Å². The number of aryl methyl sites for hydroxylation is 2. The minimum Gasteiger partial charge on any atom is -0.335 e. The van der Waals surface area contributed by atoms with Gasteiger partial charge in [0.15, 0.2) is 0 Å². The van der Waals surface area contributed by atoms with Crippen LogP contribution in [0.15, 0.2) is 10.9 Å². The van der Waals surface area contributed by atoms with Gasteiger partial charge in [-0.1, -0.05) is 6.42 Å². The van der Waals surface area contributed by atoms with Crippen LogP contribution in [0.3, 0.4) is 0 Å². The Labute approximate surface area is 138 Å². The Bertz CT molecular complexity index is 655. The number of aromatic nitrogens is 1. The van der Waals surface area contributed by atoms with Gasteiger partial charge in [0.1, 0.15) is 0 Å². The van der Waals surface area contributed by atoms with E-state index in [0.29, 0.717) is 18.4 Å². The average molecular weight is 345 g/mol. The van der Waals surface area contributed by atoms with Crippen molar-refractivity contribution in [2.45, 2.75) is 58.3 Å². The van der Waals surface area contributed by atoms with Gasteiger partial charge in [0.2, 0.25) is 0 Å². The fraction of sp³-hybridized carbons (Fsp3) is 0.625. The van der Waals surface area contributed by atoms with Crippen LogP contribution in [-0.2, 0) is 6.54 Å². The molecular weight excluding hydrogens is 323 g/mol. The van der Waals surface area contributed by atoms with E-state index in [1.807, 2.05) is 0 Å². The zero-order valence-electron chi connectivity index (χ0n) is 13.7. The van der Waals surface area contributed by atoms with Crippen molar-refractivity contribution in [3.63, 3.8) is 0 Å². The van der Waals surface area contributed by atoms with Crippen molar-refractivity contribution < 1.29 is 18.0 Å². The second-order valence-corrected chi connectivity index (χ2v) is 6.37. The van der Waals surface area contributed by atoms with E-state index >= 15 is 0 Å². The average Bonchev–Trinajstić information content (AvgIpc) is 2.45. The van der Waals surface area contributed by atoms with E-state index in [-0.39, 0.29) is 24.9 Å². The van der Waals surface area contributed by atoms with Gasteiger partial charge in [-0.25, -0.2) is 4.79 Å². The summed E-state index contributed by atoms with van der Waals surface area (Å²) in [5, 5.41) is 5.13. The van der Waals surface area contributed by atoms with Crippen molar-refractivity contribution in [3.8, 4) is 0 Å². The number of rotatable bonds is 3. The smallest absolute Gasteiger partial charge is 0.335 e. The summed E-state index contributed by atoms with van der Waals surface area (Å²) >= 11 is 0. The Balaban J connectivity index is 1.89. The predicted octanol–water partition coefficient (Wildman–Crippen LogP) is 2.91. The molecule has 1 heterocycles. The van der Waals surface area contributed by atoms with Gasteiger partial charge in [-0.3, -0.25) is 4.79 Å². The first-order valence-corrected chi connectivity index (χ1v) is 7.97. The number of amides is 2. The van der Waals surface area contributed by atoms with E-state index in [4.69, 9.17) is 0 Å². The van der Waals surface area contributed by atoms with Crippen LogP contribution >= 0.6 is 0 Å². The van der Waals surface area contributed by atoms with Crippen molar-refractivity contribution in [2.75, 3.05) is 0 Å². The fourth-order valence-corrected chi connectivity index (χ4v) is 3.12.